The van der Waals surface area contributed by atoms with E-state index in [9.17, 15) is 0 Å². The van der Waals surface area contributed by atoms with Gasteiger partial charge in [0.15, 0.2) is 0 Å². The number of hydrogen-bond acceptors (Lipinski definition) is 1. The molecule has 1 heteroatoms. The molecule has 1 aliphatic rings. The van der Waals surface area contributed by atoms with Crippen molar-refractivity contribution in [1.29, 1.82) is 0 Å². The number of nitrogens with one attached hydrogen (secondary N) is 1. The van der Waals surface area contributed by atoms with Gasteiger partial charge in [-0.05, 0) is 25.4 Å². The Kier molecular flexibility index (Phi) is 1.93. The molecule has 1 nitrogen and oxygen atoms in total. The van der Waals surface area contributed by atoms with Gasteiger partial charge >= 0.3 is 0 Å². The number of hydrogen-bond donors (Lipinski definition) is 1. The number of rotatable bonds is 1. The highest BCUT2D eigenvalue weighted by Crippen LogP contribution is 2.09. The fourth-order valence-corrected chi connectivity index (χ4v) is 1.06. The van der Waals surface area contributed by atoms with Gasteiger partial charge in [-0.25, -0.2) is 0 Å². The molecule has 1 fully saturated rings. The van der Waals surface area contributed by atoms with E-state index in [1.807, 2.05) is 0 Å². The topological polar surface area (TPSA) is 12.0 Å². The quantitative estimate of drug-likeness (QED) is 0.487. The Morgan fingerprint density at radius 3 is 3.12 bits per heavy atom. The molecule has 0 aromatic heterocycles. The second-order valence-corrected chi connectivity index (χ2v) is 2.27. The first-order valence-corrected chi connectivity index (χ1v) is 3.07. The van der Waals surface area contributed by atoms with Crippen LogP contribution in [0.3, 0.4) is 0 Å². The van der Waals surface area contributed by atoms with E-state index in [4.69, 9.17) is 6.42 Å². The van der Waals surface area contributed by atoms with E-state index < -0.39 is 0 Å². The Morgan fingerprint density at radius 2 is 2.62 bits per heavy atom. The summed E-state index contributed by atoms with van der Waals surface area (Å²) in [6, 6.07) is 0. The lowest BCUT2D eigenvalue weighted by Crippen LogP contribution is -2.08. The van der Waals surface area contributed by atoms with Crippen molar-refractivity contribution in [3.05, 3.63) is 0 Å². The molecule has 1 N–H and O–H groups in total. The molecule has 0 aromatic rings. The molecule has 0 spiro atoms. The van der Waals surface area contributed by atoms with Crippen molar-refractivity contribution < 1.29 is 0 Å². The Labute approximate surface area is 50.5 Å². The van der Waals surface area contributed by atoms with Gasteiger partial charge in [-0.3, -0.25) is 0 Å². The molecule has 0 saturated carbocycles. The van der Waals surface area contributed by atoms with Gasteiger partial charge in [0.05, 0.1) is 0 Å². The standard InChI is InChI=1S/C7H11N/c1-2-3-7-4-5-8-6-7/h1,7-8H,3-6H2/t7-/m1/s1. The van der Waals surface area contributed by atoms with E-state index in [1.165, 1.54) is 6.42 Å². The first kappa shape index (κ1) is 5.65. The minimum atomic E-state index is 0.764. The van der Waals surface area contributed by atoms with E-state index in [0.717, 1.165) is 25.4 Å². The lowest BCUT2D eigenvalue weighted by molar-refractivity contribution is 0.603. The van der Waals surface area contributed by atoms with E-state index >= 15 is 0 Å². The minimum absolute atomic E-state index is 0.764. The molecular weight excluding hydrogens is 98.1 g/mol. The van der Waals surface area contributed by atoms with Crippen LogP contribution >= 0.6 is 0 Å². The van der Waals surface area contributed by atoms with Crippen molar-refractivity contribution in [3.8, 4) is 12.3 Å². The molecule has 1 atom stereocenters. The van der Waals surface area contributed by atoms with Crippen molar-refractivity contribution in [1.82, 2.24) is 5.32 Å². The highest BCUT2D eigenvalue weighted by molar-refractivity contribution is 4.89. The summed E-state index contributed by atoms with van der Waals surface area (Å²) >= 11 is 0. The van der Waals surface area contributed by atoms with Crippen molar-refractivity contribution in [3.63, 3.8) is 0 Å². The second-order valence-electron chi connectivity index (χ2n) is 2.27. The summed E-state index contributed by atoms with van der Waals surface area (Å²) in [5, 5.41) is 3.26. The highest BCUT2D eigenvalue weighted by Gasteiger charge is 2.11. The van der Waals surface area contributed by atoms with Crippen LogP contribution in [0.15, 0.2) is 0 Å². The molecule has 8 heavy (non-hydrogen) atoms. The van der Waals surface area contributed by atoms with Gasteiger partial charge < -0.3 is 5.32 Å². The molecule has 0 amide bonds. The molecule has 1 saturated heterocycles. The normalized spacial score (nSPS) is 27.6. The summed E-state index contributed by atoms with van der Waals surface area (Å²) in [4.78, 5) is 0. The van der Waals surface area contributed by atoms with Crippen LogP contribution in [-0.4, -0.2) is 13.1 Å². The van der Waals surface area contributed by atoms with Gasteiger partial charge in [-0.2, -0.15) is 0 Å². The largest absolute Gasteiger partial charge is 0.316 e. The maximum Gasteiger partial charge on any atom is 0.0127 e. The molecular formula is C7H11N. The fraction of sp³-hybridized carbons (Fsp3) is 0.714. The average Bonchev–Trinajstić information content (AvgIpc) is 2.19. The summed E-state index contributed by atoms with van der Waals surface area (Å²) in [7, 11) is 0. The molecule has 0 bridgehead atoms. The van der Waals surface area contributed by atoms with Gasteiger partial charge in [-0.15, -0.1) is 12.3 Å². The van der Waals surface area contributed by atoms with Crippen LogP contribution in [0, 0.1) is 18.3 Å². The van der Waals surface area contributed by atoms with Gasteiger partial charge in [0.2, 0.25) is 0 Å². The van der Waals surface area contributed by atoms with E-state index in [1.54, 1.807) is 0 Å². The van der Waals surface area contributed by atoms with E-state index in [2.05, 4.69) is 11.2 Å². The van der Waals surface area contributed by atoms with Crippen LogP contribution in [0.1, 0.15) is 12.8 Å². The van der Waals surface area contributed by atoms with Gasteiger partial charge in [0, 0.05) is 6.42 Å². The third kappa shape index (κ3) is 1.24. The van der Waals surface area contributed by atoms with Crippen LogP contribution in [0.5, 0.6) is 0 Å². The van der Waals surface area contributed by atoms with Gasteiger partial charge in [0.25, 0.3) is 0 Å². The van der Waals surface area contributed by atoms with Crippen LogP contribution < -0.4 is 5.32 Å². The monoisotopic (exact) mass is 109 g/mol. The first-order chi connectivity index (χ1) is 3.93. The molecule has 1 aliphatic heterocycles. The SMILES string of the molecule is C#CC[C@@H]1CCNC1. The minimum Gasteiger partial charge on any atom is -0.316 e. The van der Waals surface area contributed by atoms with Crippen LogP contribution in [0.2, 0.25) is 0 Å². The Bertz CT molecular complexity index is 95.4. The summed E-state index contributed by atoms with van der Waals surface area (Å²) in [5.41, 5.74) is 0. The van der Waals surface area contributed by atoms with Gasteiger partial charge in [-0.1, -0.05) is 0 Å². The van der Waals surface area contributed by atoms with E-state index in [0.29, 0.717) is 0 Å². The molecule has 0 aromatic carbocycles. The zero-order chi connectivity index (χ0) is 5.82. The van der Waals surface area contributed by atoms with Crippen molar-refractivity contribution in [2.75, 3.05) is 13.1 Å². The average molecular weight is 109 g/mol. The Hall–Kier alpha value is -0.480. The maximum absolute atomic E-state index is 5.13. The zero-order valence-electron chi connectivity index (χ0n) is 4.98. The Morgan fingerprint density at radius 1 is 1.75 bits per heavy atom. The van der Waals surface area contributed by atoms with Crippen molar-refractivity contribution in [2.45, 2.75) is 12.8 Å². The van der Waals surface area contributed by atoms with Crippen molar-refractivity contribution >= 4 is 0 Å². The molecule has 1 heterocycles. The number of terminal acetylenes is 1. The molecule has 0 aliphatic carbocycles. The Balaban J connectivity index is 2.17. The summed E-state index contributed by atoms with van der Waals surface area (Å²) in [6.45, 7) is 2.29. The lowest BCUT2D eigenvalue weighted by atomic mass is 10.1. The zero-order valence-corrected chi connectivity index (χ0v) is 4.98. The first-order valence-electron chi connectivity index (χ1n) is 3.07. The third-order valence-corrected chi connectivity index (χ3v) is 1.57. The predicted molar refractivity (Wildman–Crippen MR) is 34.4 cm³/mol. The summed E-state index contributed by atoms with van der Waals surface area (Å²) in [6.07, 6.45) is 7.35. The van der Waals surface area contributed by atoms with Crippen molar-refractivity contribution in [2.24, 2.45) is 5.92 Å². The second kappa shape index (κ2) is 2.74. The highest BCUT2D eigenvalue weighted by atomic mass is 14.9. The molecule has 0 radical (unpaired) electrons. The fourth-order valence-electron chi connectivity index (χ4n) is 1.06. The third-order valence-electron chi connectivity index (χ3n) is 1.57. The molecule has 1 rings (SSSR count). The van der Waals surface area contributed by atoms with Crippen LogP contribution in [0.4, 0.5) is 0 Å². The van der Waals surface area contributed by atoms with Crippen LogP contribution in [-0.2, 0) is 0 Å². The summed E-state index contributed by atoms with van der Waals surface area (Å²) < 4.78 is 0. The van der Waals surface area contributed by atoms with Crippen LogP contribution in [0.25, 0.3) is 0 Å². The molecule has 0 unspecified atom stereocenters. The predicted octanol–water partition coefficient (Wildman–Crippen LogP) is 0.619. The van der Waals surface area contributed by atoms with Gasteiger partial charge in [0.1, 0.15) is 0 Å². The lowest BCUT2D eigenvalue weighted by Gasteiger charge is -1.98. The smallest absolute Gasteiger partial charge is 0.0127 e. The maximum atomic E-state index is 5.13. The summed E-state index contributed by atoms with van der Waals surface area (Å²) in [5.74, 6) is 3.43. The molecule has 44 valence electrons. The van der Waals surface area contributed by atoms with E-state index in [-0.39, 0.29) is 0 Å².